The minimum absolute atomic E-state index is 0.0172. The summed E-state index contributed by atoms with van der Waals surface area (Å²) in [5.74, 6) is -1.64. The predicted octanol–water partition coefficient (Wildman–Crippen LogP) is 3.59. The average molecular weight is 401 g/mol. The number of ether oxygens (including phenoxy) is 1. The summed E-state index contributed by atoms with van der Waals surface area (Å²) < 4.78 is 19.5. The van der Waals surface area contributed by atoms with Gasteiger partial charge in [0.25, 0.3) is 0 Å². The van der Waals surface area contributed by atoms with E-state index < -0.39 is 29.5 Å². The molecule has 2 rings (SSSR count). The molecule has 1 atom stereocenters. The number of carbonyl (C=O) groups is 2. The van der Waals surface area contributed by atoms with Crippen LogP contribution >= 0.6 is 15.9 Å². The average Bonchev–Trinajstić information content (AvgIpc) is 2.85. The Bertz CT molecular complexity index is 782. The number of carboxylic acids is 1. The summed E-state index contributed by atoms with van der Waals surface area (Å²) in [7, 11) is 0. The summed E-state index contributed by atoms with van der Waals surface area (Å²) in [6, 6.07) is 1.65. The smallest absolute Gasteiger partial charge is 0.408 e. The summed E-state index contributed by atoms with van der Waals surface area (Å²) in [5.41, 5.74) is 0.112. The molecule has 24 heavy (non-hydrogen) atoms. The van der Waals surface area contributed by atoms with Crippen molar-refractivity contribution < 1.29 is 23.8 Å². The fourth-order valence-electron chi connectivity index (χ4n) is 2.27. The highest BCUT2D eigenvalue weighted by Gasteiger charge is 2.25. The van der Waals surface area contributed by atoms with Crippen molar-refractivity contribution in [2.75, 3.05) is 0 Å². The van der Waals surface area contributed by atoms with Crippen molar-refractivity contribution in [2.24, 2.45) is 0 Å². The fraction of sp³-hybridized carbons (Fsp3) is 0.375. The molecule has 6 nitrogen and oxygen atoms in total. The monoisotopic (exact) mass is 400 g/mol. The maximum absolute atomic E-state index is 13.8. The van der Waals surface area contributed by atoms with Crippen LogP contribution in [0, 0.1) is 5.82 Å². The van der Waals surface area contributed by atoms with E-state index in [1.165, 1.54) is 12.3 Å². The van der Waals surface area contributed by atoms with Gasteiger partial charge in [-0.3, -0.25) is 0 Å². The Morgan fingerprint density at radius 1 is 1.42 bits per heavy atom. The number of benzene rings is 1. The quantitative estimate of drug-likeness (QED) is 0.730. The Morgan fingerprint density at radius 3 is 2.67 bits per heavy atom. The van der Waals surface area contributed by atoms with E-state index in [0.29, 0.717) is 15.4 Å². The third-order valence-electron chi connectivity index (χ3n) is 3.23. The number of hydrogen-bond acceptors (Lipinski definition) is 3. The molecule has 1 aromatic carbocycles. The van der Waals surface area contributed by atoms with Gasteiger partial charge in [0, 0.05) is 22.5 Å². The number of carbonyl (C=O) groups excluding carboxylic acids is 1. The van der Waals surface area contributed by atoms with Crippen molar-refractivity contribution in [3.8, 4) is 0 Å². The molecule has 0 bridgehead atoms. The van der Waals surface area contributed by atoms with Crippen LogP contribution in [0.5, 0.6) is 0 Å². The number of fused-ring (bicyclic) bond motifs is 1. The van der Waals surface area contributed by atoms with Crippen LogP contribution in [0.4, 0.5) is 9.18 Å². The predicted molar refractivity (Wildman–Crippen MR) is 90.5 cm³/mol. The number of nitrogens with one attached hydrogen (secondary N) is 2. The van der Waals surface area contributed by atoms with Gasteiger partial charge in [0.15, 0.2) is 0 Å². The van der Waals surface area contributed by atoms with Crippen LogP contribution in [0.3, 0.4) is 0 Å². The van der Waals surface area contributed by atoms with Gasteiger partial charge in [-0.05, 0) is 38.5 Å². The first kappa shape index (κ1) is 18.3. The fourth-order valence-corrected chi connectivity index (χ4v) is 2.85. The number of carboxylic acid groups (broad SMARTS) is 1. The van der Waals surface area contributed by atoms with E-state index in [0.717, 1.165) is 0 Å². The largest absolute Gasteiger partial charge is 0.480 e. The number of rotatable bonds is 4. The lowest BCUT2D eigenvalue weighted by molar-refractivity contribution is -0.139. The van der Waals surface area contributed by atoms with Gasteiger partial charge in [0.05, 0.1) is 5.52 Å². The lowest BCUT2D eigenvalue weighted by atomic mass is 10.0. The molecule has 1 aromatic heterocycles. The second-order valence-corrected chi connectivity index (χ2v) is 7.19. The third-order valence-corrected chi connectivity index (χ3v) is 3.89. The molecule has 0 spiro atoms. The van der Waals surface area contributed by atoms with Crippen molar-refractivity contribution in [1.82, 2.24) is 10.3 Å². The van der Waals surface area contributed by atoms with E-state index in [9.17, 15) is 19.1 Å². The topological polar surface area (TPSA) is 91.4 Å². The van der Waals surface area contributed by atoms with Crippen LogP contribution in [-0.2, 0) is 16.0 Å². The Hall–Kier alpha value is -2.09. The summed E-state index contributed by atoms with van der Waals surface area (Å²) >= 11 is 3.33. The zero-order valence-electron chi connectivity index (χ0n) is 13.4. The molecular formula is C16H18BrFN2O4. The van der Waals surface area contributed by atoms with E-state index in [1.807, 2.05) is 0 Å². The van der Waals surface area contributed by atoms with Gasteiger partial charge < -0.3 is 20.1 Å². The van der Waals surface area contributed by atoms with Gasteiger partial charge in [0.2, 0.25) is 0 Å². The molecule has 1 amide bonds. The number of aliphatic carboxylic acids is 1. The Balaban J connectivity index is 2.25. The highest BCUT2D eigenvalue weighted by molar-refractivity contribution is 9.10. The van der Waals surface area contributed by atoms with Gasteiger partial charge in [-0.15, -0.1) is 0 Å². The molecular weight excluding hydrogens is 383 g/mol. The molecule has 0 saturated carbocycles. The molecule has 0 saturated heterocycles. The molecule has 3 N–H and O–H groups in total. The molecule has 0 radical (unpaired) electrons. The van der Waals surface area contributed by atoms with Crippen molar-refractivity contribution in [3.05, 3.63) is 34.2 Å². The standard InChI is InChI=1S/C16H18BrFN2O4/c1-16(2,3)24-15(23)20-11(14(21)22)6-8-7-19-13-10(18)5-4-9(17)12(8)13/h4-5,7,11,19H,6H2,1-3H3,(H,20,23)(H,21,22). The molecule has 0 aliphatic carbocycles. The third kappa shape index (κ3) is 4.25. The Morgan fingerprint density at radius 2 is 2.08 bits per heavy atom. The maximum atomic E-state index is 13.8. The van der Waals surface area contributed by atoms with Crippen LogP contribution in [0.15, 0.2) is 22.8 Å². The lowest BCUT2D eigenvalue weighted by Crippen LogP contribution is -2.44. The minimum Gasteiger partial charge on any atom is -0.480 e. The first-order valence-corrected chi connectivity index (χ1v) is 8.04. The zero-order chi connectivity index (χ0) is 18.1. The Kier molecular flexibility index (Phi) is 5.17. The second-order valence-electron chi connectivity index (χ2n) is 6.33. The highest BCUT2D eigenvalue weighted by atomic mass is 79.9. The number of halogens is 2. The van der Waals surface area contributed by atoms with Gasteiger partial charge in [0.1, 0.15) is 17.5 Å². The van der Waals surface area contributed by atoms with Gasteiger partial charge in [-0.2, -0.15) is 0 Å². The van der Waals surface area contributed by atoms with Gasteiger partial charge in [-0.25, -0.2) is 14.0 Å². The summed E-state index contributed by atoms with van der Waals surface area (Å²) in [5, 5.41) is 12.2. The van der Waals surface area contributed by atoms with Gasteiger partial charge in [-0.1, -0.05) is 15.9 Å². The minimum atomic E-state index is -1.21. The molecule has 1 unspecified atom stereocenters. The van der Waals surface area contributed by atoms with E-state index in [-0.39, 0.29) is 11.9 Å². The summed E-state index contributed by atoms with van der Waals surface area (Å²) in [6.45, 7) is 5.05. The summed E-state index contributed by atoms with van der Waals surface area (Å²) in [4.78, 5) is 26.1. The van der Waals surface area contributed by atoms with Gasteiger partial charge >= 0.3 is 12.1 Å². The normalized spacial score (nSPS) is 12.9. The number of hydrogen-bond donors (Lipinski definition) is 3. The van der Waals surface area contributed by atoms with E-state index in [1.54, 1.807) is 26.8 Å². The first-order valence-electron chi connectivity index (χ1n) is 7.25. The van der Waals surface area contributed by atoms with Crippen LogP contribution in [0.25, 0.3) is 10.9 Å². The van der Waals surface area contributed by atoms with Crippen molar-refractivity contribution in [3.63, 3.8) is 0 Å². The number of alkyl carbamates (subject to hydrolysis) is 1. The number of amides is 1. The van der Waals surface area contributed by atoms with Crippen molar-refractivity contribution >= 4 is 38.9 Å². The molecule has 0 fully saturated rings. The molecule has 8 heteroatoms. The maximum Gasteiger partial charge on any atom is 0.408 e. The molecule has 2 aromatic rings. The number of aromatic nitrogens is 1. The van der Waals surface area contributed by atoms with Crippen LogP contribution in [-0.4, -0.2) is 33.8 Å². The van der Waals surface area contributed by atoms with Crippen LogP contribution in [0.2, 0.25) is 0 Å². The lowest BCUT2D eigenvalue weighted by Gasteiger charge is -2.22. The van der Waals surface area contributed by atoms with Crippen LogP contribution < -0.4 is 5.32 Å². The SMILES string of the molecule is CC(C)(C)OC(=O)NC(Cc1c[nH]c2c(F)ccc(Br)c12)C(=O)O. The number of H-pyrrole nitrogens is 1. The molecule has 1 heterocycles. The number of aromatic amines is 1. The highest BCUT2D eigenvalue weighted by Crippen LogP contribution is 2.29. The zero-order valence-corrected chi connectivity index (χ0v) is 15.0. The first-order chi connectivity index (χ1) is 11.1. The van der Waals surface area contributed by atoms with Crippen molar-refractivity contribution in [2.45, 2.75) is 38.8 Å². The Labute approximate surface area is 146 Å². The van der Waals surface area contributed by atoms with E-state index >= 15 is 0 Å². The van der Waals surface area contributed by atoms with Crippen molar-refractivity contribution in [1.29, 1.82) is 0 Å². The molecule has 130 valence electrons. The second kappa shape index (κ2) is 6.80. The molecule has 0 aliphatic rings. The summed E-state index contributed by atoms with van der Waals surface area (Å²) in [6.07, 6.45) is 0.696. The van der Waals surface area contributed by atoms with E-state index in [4.69, 9.17) is 4.74 Å². The molecule has 0 aliphatic heterocycles. The van der Waals surface area contributed by atoms with Crippen LogP contribution in [0.1, 0.15) is 26.3 Å². The van der Waals surface area contributed by atoms with E-state index in [2.05, 4.69) is 26.2 Å².